The lowest BCUT2D eigenvalue weighted by Gasteiger charge is -2.17. The van der Waals surface area contributed by atoms with Crippen LogP contribution >= 0.6 is 23.4 Å². The van der Waals surface area contributed by atoms with Crippen molar-refractivity contribution in [2.24, 2.45) is 0 Å². The van der Waals surface area contributed by atoms with E-state index < -0.39 is 0 Å². The Hall–Kier alpha value is -0.410. The number of anilines is 1. The standard InChI is InChI=1S/C10H15ClN2S/c1-10(2,3)14-6-8-7(11)4-5-9(12)13-8/h4-5H,6H2,1-3H3,(H2,12,13). The summed E-state index contributed by atoms with van der Waals surface area (Å²) in [5.41, 5.74) is 6.46. The van der Waals surface area contributed by atoms with Crippen LogP contribution in [0.1, 0.15) is 26.5 Å². The Labute approximate surface area is 94.2 Å². The van der Waals surface area contributed by atoms with Crippen LogP contribution in [0, 0.1) is 0 Å². The summed E-state index contributed by atoms with van der Waals surface area (Å²) in [6, 6.07) is 3.51. The molecule has 1 heterocycles. The number of pyridine rings is 1. The zero-order valence-electron chi connectivity index (χ0n) is 8.67. The molecule has 14 heavy (non-hydrogen) atoms. The quantitative estimate of drug-likeness (QED) is 0.847. The van der Waals surface area contributed by atoms with Gasteiger partial charge < -0.3 is 5.73 Å². The minimum absolute atomic E-state index is 0.218. The molecule has 0 unspecified atom stereocenters. The third kappa shape index (κ3) is 3.76. The Kier molecular flexibility index (Phi) is 3.67. The Bertz CT molecular complexity index is 320. The van der Waals surface area contributed by atoms with Gasteiger partial charge in [0.2, 0.25) is 0 Å². The number of hydrogen-bond acceptors (Lipinski definition) is 3. The highest BCUT2D eigenvalue weighted by Gasteiger charge is 2.12. The molecule has 0 aliphatic carbocycles. The van der Waals surface area contributed by atoms with Crippen LogP contribution in [0.15, 0.2) is 12.1 Å². The van der Waals surface area contributed by atoms with Crippen molar-refractivity contribution in [3.05, 3.63) is 22.8 Å². The van der Waals surface area contributed by atoms with Gasteiger partial charge in [-0.2, -0.15) is 0 Å². The third-order valence-corrected chi connectivity index (χ3v) is 3.21. The average molecular weight is 231 g/mol. The molecule has 0 aromatic carbocycles. The van der Waals surface area contributed by atoms with Crippen molar-refractivity contribution in [1.82, 2.24) is 4.98 Å². The molecule has 2 nitrogen and oxygen atoms in total. The maximum atomic E-state index is 5.99. The van der Waals surface area contributed by atoms with Crippen LogP contribution in [0.4, 0.5) is 5.82 Å². The Morgan fingerprint density at radius 1 is 1.43 bits per heavy atom. The van der Waals surface area contributed by atoms with Crippen molar-refractivity contribution in [2.45, 2.75) is 31.3 Å². The van der Waals surface area contributed by atoms with Gasteiger partial charge in [-0.15, -0.1) is 11.8 Å². The molecule has 0 bridgehead atoms. The summed E-state index contributed by atoms with van der Waals surface area (Å²) in [6.45, 7) is 6.49. The molecule has 4 heteroatoms. The number of hydrogen-bond donors (Lipinski definition) is 1. The molecular formula is C10H15ClN2S. The maximum absolute atomic E-state index is 5.99. The normalized spacial score (nSPS) is 11.7. The molecule has 0 aliphatic rings. The van der Waals surface area contributed by atoms with Crippen molar-refractivity contribution in [2.75, 3.05) is 5.73 Å². The lowest BCUT2D eigenvalue weighted by molar-refractivity contribution is 0.801. The van der Waals surface area contributed by atoms with Crippen LogP contribution in [-0.2, 0) is 5.75 Å². The second kappa shape index (κ2) is 4.41. The van der Waals surface area contributed by atoms with Crippen molar-refractivity contribution in [1.29, 1.82) is 0 Å². The van der Waals surface area contributed by atoms with E-state index in [0.717, 1.165) is 11.4 Å². The topological polar surface area (TPSA) is 38.9 Å². The third-order valence-electron chi connectivity index (χ3n) is 1.58. The molecule has 0 spiro atoms. The number of nitrogen functional groups attached to an aromatic ring is 1. The molecule has 78 valence electrons. The van der Waals surface area contributed by atoms with E-state index in [4.69, 9.17) is 17.3 Å². The maximum Gasteiger partial charge on any atom is 0.123 e. The first-order chi connectivity index (χ1) is 6.38. The van der Waals surface area contributed by atoms with Gasteiger partial charge in [0.25, 0.3) is 0 Å². The Balaban J connectivity index is 2.72. The highest BCUT2D eigenvalue weighted by atomic mass is 35.5. The first-order valence-corrected chi connectivity index (χ1v) is 5.80. The van der Waals surface area contributed by atoms with Gasteiger partial charge in [0.15, 0.2) is 0 Å². The van der Waals surface area contributed by atoms with E-state index in [0.29, 0.717) is 10.8 Å². The molecule has 0 saturated heterocycles. The van der Waals surface area contributed by atoms with Crippen LogP contribution in [0.25, 0.3) is 0 Å². The van der Waals surface area contributed by atoms with Gasteiger partial charge in [-0.25, -0.2) is 4.98 Å². The predicted molar refractivity (Wildman–Crippen MR) is 64.7 cm³/mol. The number of halogens is 1. The van der Waals surface area contributed by atoms with Gasteiger partial charge >= 0.3 is 0 Å². The van der Waals surface area contributed by atoms with E-state index >= 15 is 0 Å². The van der Waals surface area contributed by atoms with Crippen LogP contribution in [0.3, 0.4) is 0 Å². The summed E-state index contributed by atoms with van der Waals surface area (Å²) in [7, 11) is 0. The SMILES string of the molecule is CC(C)(C)SCc1nc(N)ccc1Cl. The Morgan fingerprint density at radius 3 is 2.64 bits per heavy atom. The average Bonchev–Trinajstić information content (AvgIpc) is 2.05. The molecule has 0 radical (unpaired) electrons. The zero-order chi connectivity index (χ0) is 10.8. The van der Waals surface area contributed by atoms with Gasteiger partial charge in [-0.05, 0) is 12.1 Å². The fourth-order valence-corrected chi connectivity index (χ4v) is 1.93. The van der Waals surface area contributed by atoms with Crippen LogP contribution < -0.4 is 5.73 Å². The zero-order valence-corrected chi connectivity index (χ0v) is 10.2. The molecule has 1 aromatic rings. The van der Waals surface area contributed by atoms with E-state index in [1.165, 1.54) is 0 Å². The molecule has 0 aliphatic heterocycles. The number of nitrogens with two attached hydrogens (primary N) is 1. The van der Waals surface area contributed by atoms with Crippen molar-refractivity contribution in [3.8, 4) is 0 Å². The molecular weight excluding hydrogens is 216 g/mol. The number of aromatic nitrogens is 1. The molecule has 2 N–H and O–H groups in total. The molecule has 0 amide bonds. The van der Waals surface area contributed by atoms with Crippen LogP contribution in [-0.4, -0.2) is 9.73 Å². The van der Waals surface area contributed by atoms with Crippen LogP contribution in [0.2, 0.25) is 5.02 Å². The monoisotopic (exact) mass is 230 g/mol. The molecule has 1 aromatic heterocycles. The van der Waals surface area contributed by atoms with E-state index in [1.54, 1.807) is 12.1 Å². The second-order valence-corrected chi connectivity index (χ2v) is 6.27. The fraction of sp³-hybridized carbons (Fsp3) is 0.500. The summed E-state index contributed by atoms with van der Waals surface area (Å²) < 4.78 is 0.218. The summed E-state index contributed by atoms with van der Waals surface area (Å²) in [6.07, 6.45) is 0. The summed E-state index contributed by atoms with van der Waals surface area (Å²) in [5.74, 6) is 1.33. The van der Waals surface area contributed by atoms with E-state index in [9.17, 15) is 0 Å². The van der Waals surface area contributed by atoms with E-state index in [2.05, 4.69) is 25.8 Å². The molecule has 1 rings (SSSR count). The number of thioether (sulfide) groups is 1. The molecule has 0 fully saturated rings. The van der Waals surface area contributed by atoms with Crippen LogP contribution in [0.5, 0.6) is 0 Å². The van der Waals surface area contributed by atoms with Crippen molar-refractivity contribution < 1.29 is 0 Å². The lowest BCUT2D eigenvalue weighted by atomic mass is 10.3. The first kappa shape index (κ1) is 11.7. The summed E-state index contributed by atoms with van der Waals surface area (Å²) in [4.78, 5) is 4.20. The number of rotatable bonds is 2. The van der Waals surface area contributed by atoms with Crippen molar-refractivity contribution >= 4 is 29.2 Å². The first-order valence-electron chi connectivity index (χ1n) is 4.43. The second-order valence-electron chi connectivity index (χ2n) is 4.07. The van der Waals surface area contributed by atoms with Gasteiger partial charge in [0.1, 0.15) is 5.82 Å². The lowest BCUT2D eigenvalue weighted by Crippen LogP contribution is -2.08. The minimum atomic E-state index is 0.218. The molecule has 0 saturated carbocycles. The number of nitrogens with zero attached hydrogens (tertiary/aromatic N) is 1. The summed E-state index contributed by atoms with van der Waals surface area (Å²) in [5, 5.41) is 0.691. The molecule has 0 atom stereocenters. The smallest absolute Gasteiger partial charge is 0.123 e. The van der Waals surface area contributed by atoms with E-state index in [-0.39, 0.29) is 4.75 Å². The van der Waals surface area contributed by atoms with Gasteiger partial charge in [0, 0.05) is 10.5 Å². The minimum Gasteiger partial charge on any atom is -0.384 e. The van der Waals surface area contributed by atoms with Gasteiger partial charge in [0.05, 0.1) is 10.7 Å². The van der Waals surface area contributed by atoms with Gasteiger partial charge in [-0.3, -0.25) is 0 Å². The van der Waals surface area contributed by atoms with Crippen molar-refractivity contribution in [3.63, 3.8) is 0 Å². The highest BCUT2D eigenvalue weighted by molar-refractivity contribution is 7.99. The van der Waals surface area contributed by atoms with Gasteiger partial charge in [-0.1, -0.05) is 32.4 Å². The Morgan fingerprint density at radius 2 is 2.07 bits per heavy atom. The summed E-state index contributed by atoms with van der Waals surface area (Å²) >= 11 is 7.80. The fourth-order valence-electron chi connectivity index (χ4n) is 0.887. The van der Waals surface area contributed by atoms with E-state index in [1.807, 2.05) is 11.8 Å². The predicted octanol–water partition coefficient (Wildman–Crippen LogP) is 3.35. The largest absolute Gasteiger partial charge is 0.384 e. The highest BCUT2D eigenvalue weighted by Crippen LogP contribution is 2.29.